The summed E-state index contributed by atoms with van der Waals surface area (Å²) >= 11 is 0. The van der Waals surface area contributed by atoms with Gasteiger partial charge < -0.3 is 5.32 Å². The van der Waals surface area contributed by atoms with Crippen LogP contribution in [0.5, 0.6) is 0 Å². The van der Waals surface area contributed by atoms with Crippen LogP contribution in [0.15, 0.2) is 54.6 Å². The van der Waals surface area contributed by atoms with Crippen molar-refractivity contribution in [3.05, 3.63) is 65.7 Å². The van der Waals surface area contributed by atoms with Gasteiger partial charge in [0.15, 0.2) is 0 Å². The normalized spacial score (nSPS) is 17.7. The Bertz CT molecular complexity index is 833. The maximum atomic E-state index is 12.4. The molecule has 0 spiro atoms. The third kappa shape index (κ3) is 4.02. The molecule has 1 atom stereocenters. The Morgan fingerprint density at radius 1 is 1.04 bits per heavy atom. The summed E-state index contributed by atoms with van der Waals surface area (Å²) in [6.07, 6.45) is 1.56. The van der Waals surface area contributed by atoms with Gasteiger partial charge in [-0.3, -0.25) is 9.10 Å². The van der Waals surface area contributed by atoms with Crippen molar-refractivity contribution < 1.29 is 13.2 Å². The molecule has 0 aromatic heterocycles. The summed E-state index contributed by atoms with van der Waals surface area (Å²) in [4.78, 5) is 12.4. The molecule has 0 unspecified atom stereocenters. The van der Waals surface area contributed by atoms with Crippen LogP contribution in [-0.4, -0.2) is 26.6 Å². The van der Waals surface area contributed by atoms with Gasteiger partial charge in [0.2, 0.25) is 10.0 Å². The van der Waals surface area contributed by atoms with Gasteiger partial charge in [0, 0.05) is 12.1 Å². The number of sulfonamides is 1. The van der Waals surface area contributed by atoms with Crippen LogP contribution in [0.3, 0.4) is 0 Å². The van der Waals surface area contributed by atoms with E-state index in [0.717, 1.165) is 12.0 Å². The number of carbonyl (C=O) groups is 1. The smallest absolute Gasteiger partial charge is 0.251 e. The van der Waals surface area contributed by atoms with Gasteiger partial charge in [-0.1, -0.05) is 30.3 Å². The highest BCUT2D eigenvalue weighted by molar-refractivity contribution is 7.92. The molecule has 3 rings (SSSR count). The lowest BCUT2D eigenvalue weighted by molar-refractivity contribution is 0.0940. The summed E-state index contributed by atoms with van der Waals surface area (Å²) in [5, 5.41) is 2.96. The molecule has 1 fully saturated rings. The molecule has 1 saturated heterocycles. The molecule has 2 aromatic carbocycles. The zero-order chi connectivity index (χ0) is 17.9. The molecule has 6 heteroatoms. The molecule has 1 aliphatic heterocycles. The van der Waals surface area contributed by atoms with Gasteiger partial charge in [0.1, 0.15) is 0 Å². The van der Waals surface area contributed by atoms with Crippen molar-refractivity contribution in [1.29, 1.82) is 0 Å². The summed E-state index contributed by atoms with van der Waals surface area (Å²) in [5.41, 5.74) is 2.17. The average Bonchev–Trinajstić information content (AvgIpc) is 2.62. The first-order valence-electron chi connectivity index (χ1n) is 8.44. The molecule has 1 heterocycles. The van der Waals surface area contributed by atoms with E-state index in [1.165, 1.54) is 4.31 Å². The molecule has 2 aromatic rings. The van der Waals surface area contributed by atoms with Crippen LogP contribution in [0, 0.1) is 0 Å². The van der Waals surface area contributed by atoms with Crippen molar-refractivity contribution in [3.8, 4) is 0 Å². The number of anilines is 1. The SMILES string of the molecule is C[C@H](NC(=O)c1ccc(N2CCCCS2(=O)=O)cc1)c1ccccc1. The minimum absolute atomic E-state index is 0.101. The zero-order valence-electron chi connectivity index (χ0n) is 14.2. The van der Waals surface area contributed by atoms with Gasteiger partial charge in [-0.15, -0.1) is 0 Å². The first kappa shape index (κ1) is 17.5. The topological polar surface area (TPSA) is 66.5 Å². The quantitative estimate of drug-likeness (QED) is 0.913. The fourth-order valence-electron chi connectivity index (χ4n) is 2.96. The van der Waals surface area contributed by atoms with E-state index in [-0.39, 0.29) is 17.7 Å². The van der Waals surface area contributed by atoms with Crippen molar-refractivity contribution in [2.24, 2.45) is 0 Å². The molecule has 5 nitrogen and oxygen atoms in total. The fraction of sp³-hybridized carbons (Fsp3) is 0.316. The third-order valence-corrected chi connectivity index (χ3v) is 6.28. The van der Waals surface area contributed by atoms with E-state index in [0.29, 0.717) is 24.2 Å². The molecular weight excluding hydrogens is 336 g/mol. The summed E-state index contributed by atoms with van der Waals surface area (Å²) in [6, 6.07) is 16.4. The molecule has 0 bridgehead atoms. The Kier molecular flexibility index (Phi) is 5.08. The first-order chi connectivity index (χ1) is 12.0. The molecule has 1 amide bonds. The minimum Gasteiger partial charge on any atom is -0.346 e. The highest BCUT2D eigenvalue weighted by Gasteiger charge is 2.26. The van der Waals surface area contributed by atoms with Crippen LogP contribution < -0.4 is 9.62 Å². The number of benzene rings is 2. The number of hydrogen-bond acceptors (Lipinski definition) is 3. The minimum atomic E-state index is -3.23. The number of amides is 1. The zero-order valence-corrected chi connectivity index (χ0v) is 15.0. The monoisotopic (exact) mass is 358 g/mol. The maximum absolute atomic E-state index is 12.4. The molecule has 0 saturated carbocycles. The summed E-state index contributed by atoms with van der Waals surface area (Å²) in [5.74, 6) is 0.00788. The van der Waals surface area contributed by atoms with Gasteiger partial charge >= 0.3 is 0 Å². The Balaban J connectivity index is 1.70. The fourth-order valence-corrected chi connectivity index (χ4v) is 4.60. The summed E-state index contributed by atoms with van der Waals surface area (Å²) < 4.78 is 25.7. The van der Waals surface area contributed by atoms with E-state index < -0.39 is 10.0 Å². The number of rotatable bonds is 4. The van der Waals surface area contributed by atoms with Crippen molar-refractivity contribution in [3.63, 3.8) is 0 Å². The van der Waals surface area contributed by atoms with Crippen molar-refractivity contribution >= 4 is 21.6 Å². The largest absolute Gasteiger partial charge is 0.346 e. The molecule has 132 valence electrons. The van der Waals surface area contributed by atoms with Crippen molar-refractivity contribution in [1.82, 2.24) is 5.32 Å². The lowest BCUT2D eigenvalue weighted by Crippen LogP contribution is -2.37. The Morgan fingerprint density at radius 3 is 2.36 bits per heavy atom. The van der Waals surface area contributed by atoms with Gasteiger partial charge in [-0.2, -0.15) is 0 Å². The molecule has 0 radical (unpaired) electrons. The highest BCUT2D eigenvalue weighted by Crippen LogP contribution is 2.24. The highest BCUT2D eigenvalue weighted by atomic mass is 32.2. The van der Waals surface area contributed by atoms with Gasteiger partial charge in [0.05, 0.1) is 17.5 Å². The van der Waals surface area contributed by atoms with Crippen LogP contribution in [0.1, 0.15) is 41.7 Å². The lowest BCUT2D eigenvalue weighted by Gasteiger charge is -2.28. The van der Waals surface area contributed by atoms with Crippen LogP contribution in [-0.2, 0) is 10.0 Å². The predicted molar refractivity (Wildman–Crippen MR) is 99.1 cm³/mol. The molecule has 1 aliphatic rings. The molecule has 0 aliphatic carbocycles. The summed E-state index contributed by atoms with van der Waals surface area (Å²) in [7, 11) is -3.23. The van der Waals surface area contributed by atoms with Crippen LogP contribution in [0.25, 0.3) is 0 Å². The summed E-state index contributed by atoms with van der Waals surface area (Å²) in [6.45, 7) is 2.43. The molecule has 1 N–H and O–H groups in total. The van der Waals surface area contributed by atoms with Gasteiger partial charge in [-0.25, -0.2) is 8.42 Å². The first-order valence-corrected chi connectivity index (χ1v) is 10.0. The Morgan fingerprint density at radius 2 is 1.72 bits per heavy atom. The van der Waals surface area contributed by atoms with E-state index in [1.54, 1.807) is 24.3 Å². The number of hydrogen-bond donors (Lipinski definition) is 1. The predicted octanol–water partition coefficient (Wildman–Crippen LogP) is 3.11. The van der Waals surface area contributed by atoms with Crippen LogP contribution >= 0.6 is 0 Å². The van der Waals surface area contributed by atoms with Crippen LogP contribution in [0.2, 0.25) is 0 Å². The second-order valence-corrected chi connectivity index (χ2v) is 8.26. The second-order valence-electron chi connectivity index (χ2n) is 6.25. The van der Waals surface area contributed by atoms with Gasteiger partial charge in [0.25, 0.3) is 5.91 Å². The average molecular weight is 358 g/mol. The van der Waals surface area contributed by atoms with Crippen molar-refractivity contribution in [2.45, 2.75) is 25.8 Å². The van der Waals surface area contributed by atoms with Crippen LogP contribution in [0.4, 0.5) is 5.69 Å². The standard InChI is InChI=1S/C19H22N2O3S/c1-15(16-7-3-2-4-8-16)20-19(22)17-9-11-18(12-10-17)21-13-5-6-14-25(21,23)24/h2-4,7-12,15H,5-6,13-14H2,1H3,(H,20,22)/t15-/m0/s1. The number of nitrogens with zero attached hydrogens (tertiary/aromatic N) is 1. The second kappa shape index (κ2) is 7.27. The van der Waals surface area contributed by atoms with E-state index in [1.807, 2.05) is 37.3 Å². The van der Waals surface area contributed by atoms with Gasteiger partial charge in [-0.05, 0) is 49.6 Å². The van der Waals surface area contributed by atoms with E-state index in [2.05, 4.69) is 5.32 Å². The van der Waals surface area contributed by atoms with E-state index >= 15 is 0 Å². The molecule has 25 heavy (non-hydrogen) atoms. The van der Waals surface area contributed by atoms with E-state index in [4.69, 9.17) is 0 Å². The Labute approximate surface area is 148 Å². The lowest BCUT2D eigenvalue weighted by atomic mass is 10.1. The maximum Gasteiger partial charge on any atom is 0.251 e. The van der Waals surface area contributed by atoms with Crippen molar-refractivity contribution in [2.75, 3.05) is 16.6 Å². The number of nitrogens with one attached hydrogen (secondary N) is 1. The number of carbonyl (C=O) groups excluding carboxylic acids is 1. The molecular formula is C19H22N2O3S. The third-order valence-electron chi connectivity index (χ3n) is 4.41. The Hall–Kier alpha value is -2.34. The van der Waals surface area contributed by atoms with E-state index in [9.17, 15) is 13.2 Å².